The molecule has 0 atom stereocenters. The smallest absolute Gasteiger partial charge is 0.105 e. The zero-order valence-corrected chi connectivity index (χ0v) is 22.9. The normalized spacial score (nSPS) is 12.5. The van der Waals surface area contributed by atoms with E-state index in [2.05, 4.69) is 68.6 Å². The molecule has 1 aromatic rings. The number of nitrogens with zero attached hydrogens (tertiary/aromatic N) is 2. The van der Waals surface area contributed by atoms with Crippen LogP contribution in [0.15, 0.2) is 6.07 Å². The maximum atomic E-state index is 2.51. The number of aryl methyl sites for hydroxylation is 2. The van der Waals surface area contributed by atoms with Crippen LogP contribution >= 0.6 is 0 Å². The van der Waals surface area contributed by atoms with E-state index in [0.29, 0.717) is 0 Å². The van der Waals surface area contributed by atoms with Crippen LogP contribution in [0.1, 0.15) is 107 Å². The molecule has 2 nitrogen and oxygen atoms in total. The molecule has 0 heterocycles. The summed E-state index contributed by atoms with van der Waals surface area (Å²) in [5.74, 6) is 0. The Morgan fingerprint density at radius 1 is 0.548 bits per heavy atom. The first-order valence-electron chi connectivity index (χ1n) is 13.4. The molecule has 0 aliphatic carbocycles. The molecular formula is C29H56N2+2. The Bertz CT molecular complexity index is 578. The van der Waals surface area contributed by atoms with E-state index in [9.17, 15) is 0 Å². The molecule has 0 aliphatic heterocycles. The van der Waals surface area contributed by atoms with Crippen LogP contribution in [0.5, 0.6) is 0 Å². The van der Waals surface area contributed by atoms with Crippen molar-refractivity contribution < 1.29 is 8.97 Å². The molecule has 0 N–H and O–H groups in total. The summed E-state index contributed by atoms with van der Waals surface area (Å²) in [6, 6.07) is 2.49. The molecule has 0 saturated heterocycles. The molecule has 0 aromatic heterocycles. The lowest BCUT2D eigenvalue weighted by Crippen LogP contribution is -2.46. The van der Waals surface area contributed by atoms with Crippen molar-refractivity contribution in [3.05, 3.63) is 33.9 Å². The zero-order valence-electron chi connectivity index (χ0n) is 22.9. The number of benzene rings is 1. The van der Waals surface area contributed by atoms with Crippen molar-refractivity contribution in [1.82, 2.24) is 0 Å². The van der Waals surface area contributed by atoms with Crippen molar-refractivity contribution in [3.8, 4) is 0 Å². The zero-order chi connectivity index (χ0) is 23.5. The minimum absolute atomic E-state index is 1.19. The summed E-state index contributed by atoms with van der Waals surface area (Å²) < 4.78 is 2.40. The lowest BCUT2D eigenvalue weighted by molar-refractivity contribution is -0.923. The van der Waals surface area contributed by atoms with E-state index < -0.39 is 0 Å². The molecule has 0 bridgehead atoms. The van der Waals surface area contributed by atoms with Crippen LogP contribution in [0, 0.1) is 20.8 Å². The minimum Gasteiger partial charge on any atom is -0.322 e. The van der Waals surface area contributed by atoms with Gasteiger partial charge in [-0.25, -0.2) is 0 Å². The highest BCUT2D eigenvalue weighted by molar-refractivity contribution is 5.44. The summed E-state index contributed by atoms with van der Waals surface area (Å²) in [6.45, 7) is 24.1. The Labute approximate surface area is 196 Å². The van der Waals surface area contributed by atoms with E-state index in [4.69, 9.17) is 0 Å². The summed E-state index contributed by atoms with van der Waals surface area (Å²) in [5, 5.41) is 0. The van der Waals surface area contributed by atoms with E-state index in [1.807, 2.05) is 0 Å². The number of hydrogen-bond acceptors (Lipinski definition) is 0. The summed E-state index contributed by atoms with van der Waals surface area (Å²) in [6.07, 6.45) is 10.5. The van der Waals surface area contributed by atoms with Gasteiger partial charge in [0.05, 0.1) is 40.3 Å². The van der Waals surface area contributed by atoms with Crippen molar-refractivity contribution in [2.24, 2.45) is 0 Å². The molecule has 0 spiro atoms. The fourth-order valence-electron chi connectivity index (χ4n) is 5.22. The minimum atomic E-state index is 1.19. The predicted molar refractivity (Wildman–Crippen MR) is 140 cm³/mol. The van der Waals surface area contributed by atoms with Crippen molar-refractivity contribution in [1.29, 1.82) is 0 Å². The van der Waals surface area contributed by atoms with Gasteiger partial charge in [-0.3, -0.25) is 0 Å². The highest BCUT2D eigenvalue weighted by atomic mass is 15.3. The third-order valence-corrected chi connectivity index (χ3v) is 7.58. The highest BCUT2D eigenvalue weighted by Crippen LogP contribution is 2.29. The molecule has 180 valence electrons. The second-order valence-corrected chi connectivity index (χ2v) is 11.0. The standard InChI is InChI=1S/C29H56N2/c1-10-14-18-30(8,19-15-11-2)23-28-25(5)22-26(6)29(27(28)7)24-31(9,20-16-12-3)21-17-13-4/h22H,10-21,23-24H2,1-9H3/q+2. The Kier molecular flexibility index (Phi) is 12.4. The Hall–Kier alpha value is -0.860. The number of unbranched alkanes of at least 4 members (excludes halogenated alkanes) is 4. The van der Waals surface area contributed by atoms with Gasteiger partial charge in [-0.1, -0.05) is 59.4 Å². The largest absolute Gasteiger partial charge is 0.322 e. The van der Waals surface area contributed by atoms with Gasteiger partial charge in [0.15, 0.2) is 0 Å². The number of hydrogen-bond donors (Lipinski definition) is 0. The predicted octanol–water partition coefficient (Wildman–Crippen LogP) is 7.71. The third-order valence-electron chi connectivity index (χ3n) is 7.58. The second kappa shape index (κ2) is 13.6. The number of rotatable bonds is 16. The Morgan fingerprint density at radius 2 is 0.839 bits per heavy atom. The Morgan fingerprint density at radius 3 is 1.10 bits per heavy atom. The molecule has 1 aromatic carbocycles. The quantitative estimate of drug-likeness (QED) is 0.235. The maximum absolute atomic E-state index is 2.51. The van der Waals surface area contributed by atoms with Crippen molar-refractivity contribution in [2.75, 3.05) is 40.3 Å². The first kappa shape index (κ1) is 28.2. The SMILES string of the molecule is CCCC[N+](C)(CCCC)Cc1c(C)cc(C)c(C[N+](C)(CCCC)CCCC)c1C. The first-order chi connectivity index (χ1) is 14.6. The number of quaternary nitrogens is 2. The molecule has 0 saturated carbocycles. The fourth-order valence-corrected chi connectivity index (χ4v) is 5.22. The van der Waals surface area contributed by atoms with Gasteiger partial charge in [0.2, 0.25) is 0 Å². The van der Waals surface area contributed by atoms with E-state index >= 15 is 0 Å². The van der Waals surface area contributed by atoms with Gasteiger partial charge in [-0.15, -0.1) is 0 Å². The average Bonchev–Trinajstić information content (AvgIpc) is 2.74. The van der Waals surface area contributed by atoms with Gasteiger partial charge < -0.3 is 8.97 Å². The molecule has 31 heavy (non-hydrogen) atoms. The maximum Gasteiger partial charge on any atom is 0.105 e. The van der Waals surface area contributed by atoms with Crippen LogP contribution < -0.4 is 0 Å². The first-order valence-corrected chi connectivity index (χ1v) is 13.4. The van der Waals surface area contributed by atoms with Crippen LogP contribution in [0.4, 0.5) is 0 Å². The monoisotopic (exact) mass is 432 g/mol. The van der Waals surface area contributed by atoms with Crippen LogP contribution in [-0.2, 0) is 13.1 Å². The van der Waals surface area contributed by atoms with Crippen molar-refractivity contribution in [3.63, 3.8) is 0 Å². The van der Waals surface area contributed by atoms with Gasteiger partial charge in [0.25, 0.3) is 0 Å². The summed E-state index contributed by atoms with van der Waals surface area (Å²) in [5.41, 5.74) is 7.87. The molecule has 0 aliphatic rings. The fraction of sp³-hybridized carbons (Fsp3) is 0.793. The van der Waals surface area contributed by atoms with E-state index in [1.54, 1.807) is 16.7 Å². The van der Waals surface area contributed by atoms with Crippen LogP contribution in [0.25, 0.3) is 0 Å². The molecular weight excluding hydrogens is 376 g/mol. The molecule has 0 fully saturated rings. The van der Waals surface area contributed by atoms with Gasteiger partial charge in [0.1, 0.15) is 13.1 Å². The van der Waals surface area contributed by atoms with Crippen LogP contribution in [0.2, 0.25) is 0 Å². The topological polar surface area (TPSA) is 0 Å². The molecule has 1 rings (SSSR count). The average molecular weight is 433 g/mol. The van der Waals surface area contributed by atoms with Gasteiger partial charge in [-0.2, -0.15) is 0 Å². The summed E-state index contributed by atoms with van der Waals surface area (Å²) >= 11 is 0. The summed E-state index contributed by atoms with van der Waals surface area (Å²) in [7, 11) is 5.01. The van der Waals surface area contributed by atoms with Crippen LogP contribution in [0.3, 0.4) is 0 Å². The second-order valence-electron chi connectivity index (χ2n) is 11.0. The van der Waals surface area contributed by atoms with E-state index in [-0.39, 0.29) is 0 Å². The van der Waals surface area contributed by atoms with Crippen molar-refractivity contribution in [2.45, 2.75) is 113 Å². The third kappa shape index (κ3) is 8.89. The van der Waals surface area contributed by atoms with E-state index in [0.717, 1.165) is 0 Å². The highest BCUT2D eigenvalue weighted by Gasteiger charge is 2.27. The Balaban J connectivity index is 3.28. The van der Waals surface area contributed by atoms with Gasteiger partial charge in [-0.05, 0) is 63.1 Å². The van der Waals surface area contributed by atoms with E-state index in [1.165, 1.54) is 111 Å². The van der Waals surface area contributed by atoms with Crippen molar-refractivity contribution >= 4 is 0 Å². The molecule has 0 radical (unpaired) electrons. The summed E-state index contributed by atoms with van der Waals surface area (Å²) in [4.78, 5) is 0. The van der Waals surface area contributed by atoms with Gasteiger partial charge in [0, 0.05) is 11.1 Å². The lowest BCUT2D eigenvalue weighted by Gasteiger charge is -2.38. The molecule has 2 heteroatoms. The molecule has 0 amide bonds. The van der Waals surface area contributed by atoms with Crippen LogP contribution in [-0.4, -0.2) is 49.2 Å². The molecule has 0 unspecified atom stereocenters. The van der Waals surface area contributed by atoms with Gasteiger partial charge >= 0.3 is 0 Å². The lowest BCUT2D eigenvalue weighted by atomic mass is 9.91.